The molecule has 0 bridgehead atoms. The highest BCUT2D eigenvalue weighted by molar-refractivity contribution is 5.95. The Morgan fingerprint density at radius 2 is 1.83 bits per heavy atom. The van der Waals surface area contributed by atoms with Crippen molar-refractivity contribution in [3.05, 3.63) is 70.7 Å². The van der Waals surface area contributed by atoms with E-state index in [0.717, 1.165) is 23.2 Å². The lowest BCUT2D eigenvalue weighted by Crippen LogP contribution is -2.34. The molecular weight excluding hydrogens is 306 g/mol. The van der Waals surface area contributed by atoms with Crippen LogP contribution in [0.25, 0.3) is 11.4 Å². The summed E-state index contributed by atoms with van der Waals surface area (Å²) in [7, 11) is 0. The van der Waals surface area contributed by atoms with E-state index in [1.807, 2.05) is 54.6 Å². The molecule has 4 rings (SSSR count). The molecule has 3 aromatic rings. The number of amides is 1. The van der Waals surface area contributed by atoms with Gasteiger partial charge >= 0.3 is 5.76 Å². The molecule has 1 aliphatic heterocycles. The summed E-state index contributed by atoms with van der Waals surface area (Å²) in [5.74, 6) is -0.418. The number of anilines is 1. The molecule has 0 N–H and O–H groups in total. The first kappa shape index (κ1) is 14.4. The van der Waals surface area contributed by atoms with Crippen molar-refractivity contribution in [2.45, 2.75) is 13.0 Å². The number of hydrogen-bond donors (Lipinski definition) is 0. The smallest absolute Gasteiger partial charge is 0.310 e. The number of para-hydroxylation sites is 1. The van der Waals surface area contributed by atoms with Gasteiger partial charge in [-0.05, 0) is 18.1 Å². The fourth-order valence-electron chi connectivity index (χ4n) is 3.02. The van der Waals surface area contributed by atoms with Gasteiger partial charge in [-0.1, -0.05) is 53.7 Å². The highest BCUT2D eigenvalue weighted by Gasteiger charge is 2.26. The zero-order chi connectivity index (χ0) is 16.5. The van der Waals surface area contributed by atoms with Crippen molar-refractivity contribution < 1.29 is 9.32 Å². The number of rotatable bonds is 3. The number of carbonyl (C=O) groups is 1. The van der Waals surface area contributed by atoms with Crippen molar-refractivity contribution in [2.24, 2.45) is 0 Å². The molecule has 0 unspecified atom stereocenters. The van der Waals surface area contributed by atoms with Gasteiger partial charge in [-0.25, -0.2) is 9.36 Å². The first-order valence-electron chi connectivity index (χ1n) is 7.74. The molecule has 1 aromatic heterocycles. The van der Waals surface area contributed by atoms with Gasteiger partial charge < -0.3 is 4.90 Å². The minimum atomic E-state index is -0.630. The quantitative estimate of drug-likeness (QED) is 0.741. The van der Waals surface area contributed by atoms with Gasteiger partial charge in [0.2, 0.25) is 5.91 Å². The van der Waals surface area contributed by atoms with Gasteiger partial charge in [-0.2, -0.15) is 0 Å². The van der Waals surface area contributed by atoms with Gasteiger partial charge in [0, 0.05) is 17.8 Å². The van der Waals surface area contributed by atoms with Crippen LogP contribution in [-0.2, 0) is 17.8 Å². The van der Waals surface area contributed by atoms with Gasteiger partial charge in [0.05, 0.1) is 0 Å². The summed E-state index contributed by atoms with van der Waals surface area (Å²) in [5.41, 5.74) is 2.79. The molecule has 1 amide bonds. The lowest BCUT2D eigenvalue weighted by atomic mass is 10.2. The van der Waals surface area contributed by atoms with E-state index in [1.54, 1.807) is 4.90 Å². The number of hydrogen-bond acceptors (Lipinski definition) is 4. The molecule has 6 nitrogen and oxygen atoms in total. The van der Waals surface area contributed by atoms with Crippen LogP contribution in [0.5, 0.6) is 0 Å². The minimum absolute atomic E-state index is 0.0963. The molecular formula is C18H15N3O3. The minimum Gasteiger partial charge on any atom is -0.310 e. The third-order valence-corrected chi connectivity index (χ3v) is 4.20. The number of aromatic nitrogens is 2. The number of nitrogens with zero attached hydrogens (tertiary/aromatic N) is 3. The summed E-state index contributed by atoms with van der Waals surface area (Å²) in [5, 5.41) is 3.81. The van der Waals surface area contributed by atoms with E-state index in [-0.39, 0.29) is 12.5 Å². The second kappa shape index (κ2) is 5.81. The van der Waals surface area contributed by atoms with Crippen molar-refractivity contribution in [3.8, 4) is 11.4 Å². The highest BCUT2D eigenvalue weighted by atomic mass is 16.5. The highest BCUT2D eigenvalue weighted by Crippen LogP contribution is 2.27. The number of fused-ring (bicyclic) bond motifs is 1. The van der Waals surface area contributed by atoms with E-state index >= 15 is 0 Å². The Bertz CT molecular complexity index is 943. The van der Waals surface area contributed by atoms with Crippen molar-refractivity contribution in [1.82, 2.24) is 9.72 Å². The van der Waals surface area contributed by atoms with Crippen molar-refractivity contribution in [2.75, 3.05) is 11.4 Å². The van der Waals surface area contributed by atoms with Crippen LogP contribution in [-0.4, -0.2) is 22.2 Å². The average Bonchev–Trinajstić information content (AvgIpc) is 3.20. The molecule has 6 heteroatoms. The predicted octanol–water partition coefficient (Wildman–Crippen LogP) is 2.09. The Kier molecular flexibility index (Phi) is 3.49. The van der Waals surface area contributed by atoms with Crippen LogP contribution in [0.3, 0.4) is 0 Å². The molecule has 0 spiro atoms. The van der Waals surface area contributed by atoms with Crippen LogP contribution >= 0.6 is 0 Å². The first-order chi connectivity index (χ1) is 11.7. The maximum absolute atomic E-state index is 12.7. The standard InChI is InChI=1S/C18H15N3O3/c22-16(20-11-10-13-6-4-5-9-15(13)20)12-21-17(19-24-18(21)23)14-7-2-1-3-8-14/h1-9H,10-12H2. The summed E-state index contributed by atoms with van der Waals surface area (Å²) >= 11 is 0. The Morgan fingerprint density at radius 1 is 1.08 bits per heavy atom. The summed E-state index contributed by atoms with van der Waals surface area (Å²) < 4.78 is 6.05. The summed E-state index contributed by atoms with van der Waals surface area (Å²) in [6.45, 7) is 0.528. The second-order valence-electron chi connectivity index (χ2n) is 5.65. The lowest BCUT2D eigenvalue weighted by Gasteiger charge is -2.17. The van der Waals surface area contributed by atoms with Gasteiger partial charge in [-0.15, -0.1) is 0 Å². The molecule has 0 radical (unpaired) electrons. The van der Waals surface area contributed by atoms with Crippen molar-refractivity contribution in [3.63, 3.8) is 0 Å². The zero-order valence-corrected chi connectivity index (χ0v) is 12.9. The molecule has 0 saturated carbocycles. The van der Waals surface area contributed by atoms with Crippen LogP contribution in [0, 0.1) is 0 Å². The predicted molar refractivity (Wildman–Crippen MR) is 88.7 cm³/mol. The summed E-state index contributed by atoms with van der Waals surface area (Å²) in [6, 6.07) is 17.0. The third kappa shape index (κ3) is 2.42. The summed E-state index contributed by atoms with van der Waals surface area (Å²) in [6.07, 6.45) is 0.825. The Balaban J connectivity index is 1.64. The third-order valence-electron chi connectivity index (χ3n) is 4.20. The molecule has 0 atom stereocenters. The lowest BCUT2D eigenvalue weighted by molar-refractivity contribution is -0.119. The van der Waals surface area contributed by atoms with E-state index < -0.39 is 5.76 Å². The van der Waals surface area contributed by atoms with Crippen LogP contribution in [0.4, 0.5) is 5.69 Å². The van der Waals surface area contributed by atoms with E-state index in [4.69, 9.17) is 4.52 Å². The van der Waals surface area contributed by atoms with E-state index in [0.29, 0.717) is 12.4 Å². The molecule has 2 aromatic carbocycles. The van der Waals surface area contributed by atoms with Crippen LogP contribution in [0.2, 0.25) is 0 Å². The zero-order valence-electron chi connectivity index (χ0n) is 12.9. The molecule has 24 heavy (non-hydrogen) atoms. The van der Waals surface area contributed by atoms with Crippen LogP contribution in [0.1, 0.15) is 5.56 Å². The van der Waals surface area contributed by atoms with Gasteiger partial charge in [0.15, 0.2) is 5.82 Å². The van der Waals surface area contributed by atoms with Gasteiger partial charge in [-0.3, -0.25) is 9.32 Å². The monoisotopic (exact) mass is 321 g/mol. The number of carbonyl (C=O) groups excluding carboxylic acids is 1. The van der Waals surface area contributed by atoms with Crippen LogP contribution < -0.4 is 10.7 Å². The molecule has 0 saturated heterocycles. The molecule has 0 aliphatic carbocycles. The van der Waals surface area contributed by atoms with Crippen molar-refractivity contribution >= 4 is 11.6 Å². The van der Waals surface area contributed by atoms with E-state index in [9.17, 15) is 9.59 Å². The number of benzene rings is 2. The second-order valence-corrected chi connectivity index (χ2v) is 5.65. The van der Waals surface area contributed by atoms with E-state index in [2.05, 4.69) is 5.16 Å². The normalized spacial score (nSPS) is 13.1. The SMILES string of the molecule is O=C(Cn1c(-c2ccccc2)noc1=O)N1CCc2ccccc21. The van der Waals surface area contributed by atoms with E-state index in [1.165, 1.54) is 4.57 Å². The Labute approximate surface area is 137 Å². The van der Waals surface area contributed by atoms with Gasteiger partial charge in [0.1, 0.15) is 6.54 Å². The van der Waals surface area contributed by atoms with Crippen LogP contribution in [0.15, 0.2) is 63.9 Å². The first-order valence-corrected chi connectivity index (χ1v) is 7.74. The largest absolute Gasteiger partial charge is 0.442 e. The topological polar surface area (TPSA) is 68.3 Å². The molecule has 1 aliphatic rings. The fraction of sp³-hybridized carbons (Fsp3) is 0.167. The maximum atomic E-state index is 12.7. The van der Waals surface area contributed by atoms with Crippen molar-refractivity contribution in [1.29, 1.82) is 0 Å². The summed E-state index contributed by atoms with van der Waals surface area (Å²) in [4.78, 5) is 26.4. The fourth-order valence-corrected chi connectivity index (χ4v) is 3.02. The molecule has 2 heterocycles. The molecule has 120 valence electrons. The van der Waals surface area contributed by atoms with Gasteiger partial charge in [0.25, 0.3) is 0 Å². The average molecular weight is 321 g/mol. The Morgan fingerprint density at radius 3 is 2.67 bits per heavy atom. The maximum Gasteiger partial charge on any atom is 0.442 e. The Hall–Kier alpha value is -3.15. The molecule has 0 fully saturated rings.